The summed E-state index contributed by atoms with van der Waals surface area (Å²) in [6.07, 6.45) is 0.152. The SMILES string of the molecule is COc1cccc2c1OC(c1ccc(O)cc1)N1N=C(c3cc(C)ccc3O)CC21. The monoisotopic (exact) mass is 402 g/mol. The summed E-state index contributed by atoms with van der Waals surface area (Å²) < 4.78 is 11.9. The molecule has 0 aromatic heterocycles. The van der Waals surface area contributed by atoms with Gasteiger partial charge in [0.1, 0.15) is 11.5 Å². The van der Waals surface area contributed by atoms with E-state index in [1.165, 1.54) is 0 Å². The average Bonchev–Trinajstić information content (AvgIpc) is 3.20. The van der Waals surface area contributed by atoms with Gasteiger partial charge in [-0.25, -0.2) is 5.01 Å². The van der Waals surface area contributed by atoms with Gasteiger partial charge in [0, 0.05) is 23.1 Å². The molecule has 0 radical (unpaired) electrons. The predicted molar refractivity (Wildman–Crippen MR) is 113 cm³/mol. The standard InChI is InChI=1S/C24H22N2O4/c1-14-6-11-21(28)18(12-14)19-13-20-17-4-3-5-22(29-2)23(17)30-24(26(20)25-19)15-7-9-16(27)10-8-15/h3-12,20,24,27-28H,13H2,1-2H3. The minimum atomic E-state index is -0.483. The third-order valence-electron chi connectivity index (χ3n) is 5.64. The van der Waals surface area contributed by atoms with E-state index in [4.69, 9.17) is 14.6 Å². The third kappa shape index (κ3) is 2.92. The lowest BCUT2D eigenvalue weighted by Gasteiger charge is -2.38. The molecule has 6 heteroatoms. The predicted octanol–water partition coefficient (Wildman–Crippen LogP) is 4.66. The van der Waals surface area contributed by atoms with Crippen molar-refractivity contribution in [1.82, 2.24) is 5.01 Å². The maximum absolute atomic E-state index is 10.4. The molecule has 0 saturated heterocycles. The Hall–Kier alpha value is -3.67. The molecule has 5 rings (SSSR count). The molecule has 6 nitrogen and oxygen atoms in total. The zero-order chi connectivity index (χ0) is 20.8. The Labute approximate surface area is 174 Å². The van der Waals surface area contributed by atoms with E-state index in [0.29, 0.717) is 17.9 Å². The lowest BCUT2D eigenvalue weighted by molar-refractivity contribution is -0.0209. The molecule has 0 spiro atoms. The Morgan fingerprint density at radius 3 is 2.63 bits per heavy atom. The first-order chi connectivity index (χ1) is 14.5. The lowest BCUT2D eigenvalue weighted by atomic mass is 9.94. The second kappa shape index (κ2) is 6.99. The summed E-state index contributed by atoms with van der Waals surface area (Å²) in [5.41, 5.74) is 4.47. The Balaban J connectivity index is 1.64. The fourth-order valence-electron chi connectivity index (χ4n) is 4.15. The van der Waals surface area contributed by atoms with Crippen LogP contribution >= 0.6 is 0 Å². The largest absolute Gasteiger partial charge is 0.508 e. The molecule has 3 aromatic rings. The number of aromatic hydroxyl groups is 2. The van der Waals surface area contributed by atoms with Crippen LogP contribution in [0.15, 0.2) is 65.8 Å². The highest BCUT2D eigenvalue weighted by Crippen LogP contribution is 2.51. The van der Waals surface area contributed by atoms with Crippen LogP contribution in [0.2, 0.25) is 0 Å². The molecular weight excluding hydrogens is 380 g/mol. The molecule has 3 aromatic carbocycles. The number of fused-ring (bicyclic) bond motifs is 3. The Kier molecular flexibility index (Phi) is 4.28. The first-order valence-electron chi connectivity index (χ1n) is 9.83. The molecule has 0 aliphatic carbocycles. The van der Waals surface area contributed by atoms with Gasteiger partial charge in [0.2, 0.25) is 6.23 Å². The highest BCUT2D eigenvalue weighted by atomic mass is 16.5. The van der Waals surface area contributed by atoms with E-state index < -0.39 is 6.23 Å². The minimum Gasteiger partial charge on any atom is -0.508 e. The molecule has 2 aliphatic rings. The van der Waals surface area contributed by atoms with Crippen molar-refractivity contribution in [3.05, 3.63) is 82.9 Å². The van der Waals surface area contributed by atoms with Gasteiger partial charge in [0.25, 0.3) is 0 Å². The number of phenols is 2. The van der Waals surface area contributed by atoms with Crippen LogP contribution in [0.3, 0.4) is 0 Å². The lowest BCUT2D eigenvalue weighted by Crippen LogP contribution is -2.33. The van der Waals surface area contributed by atoms with Crippen LogP contribution < -0.4 is 9.47 Å². The smallest absolute Gasteiger partial charge is 0.214 e. The fourth-order valence-corrected chi connectivity index (χ4v) is 4.15. The van der Waals surface area contributed by atoms with Gasteiger partial charge in [-0.3, -0.25) is 0 Å². The number of hydrogen-bond donors (Lipinski definition) is 2. The van der Waals surface area contributed by atoms with Crippen LogP contribution in [-0.2, 0) is 0 Å². The van der Waals surface area contributed by atoms with E-state index >= 15 is 0 Å². The molecule has 2 heterocycles. The molecule has 30 heavy (non-hydrogen) atoms. The molecule has 2 aliphatic heterocycles. The molecule has 2 atom stereocenters. The van der Waals surface area contributed by atoms with Crippen LogP contribution in [0.4, 0.5) is 0 Å². The maximum Gasteiger partial charge on any atom is 0.214 e. The van der Waals surface area contributed by atoms with Crippen molar-refractivity contribution < 1.29 is 19.7 Å². The maximum atomic E-state index is 10.4. The van der Waals surface area contributed by atoms with Crippen LogP contribution in [0.5, 0.6) is 23.0 Å². The minimum absolute atomic E-state index is 0.0578. The normalized spacial score (nSPS) is 19.5. The molecule has 152 valence electrons. The van der Waals surface area contributed by atoms with Gasteiger partial charge in [-0.05, 0) is 49.4 Å². The molecule has 0 amide bonds. The van der Waals surface area contributed by atoms with E-state index in [0.717, 1.165) is 28.0 Å². The molecule has 2 N–H and O–H groups in total. The summed E-state index contributed by atoms with van der Waals surface area (Å²) in [6.45, 7) is 1.99. The van der Waals surface area contributed by atoms with Gasteiger partial charge in [-0.2, -0.15) is 5.10 Å². The number of ether oxygens (including phenoxy) is 2. The van der Waals surface area contributed by atoms with E-state index in [1.54, 1.807) is 25.3 Å². The summed E-state index contributed by atoms with van der Waals surface area (Å²) in [4.78, 5) is 0. The first kappa shape index (κ1) is 18.4. The van der Waals surface area contributed by atoms with Crippen molar-refractivity contribution in [3.63, 3.8) is 0 Å². The second-order valence-corrected chi connectivity index (χ2v) is 7.61. The van der Waals surface area contributed by atoms with Crippen molar-refractivity contribution in [2.24, 2.45) is 5.10 Å². The Morgan fingerprint density at radius 1 is 1.07 bits per heavy atom. The van der Waals surface area contributed by atoms with Crippen LogP contribution in [0.1, 0.15) is 40.9 Å². The summed E-state index contributed by atoms with van der Waals surface area (Å²) in [5.74, 6) is 1.78. The topological polar surface area (TPSA) is 74.5 Å². The van der Waals surface area contributed by atoms with Crippen LogP contribution in [0, 0.1) is 6.92 Å². The highest BCUT2D eigenvalue weighted by Gasteiger charge is 2.42. The average molecular weight is 402 g/mol. The summed E-state index contributed by atoms with van der Waals surface area (Å²) >= 11 is 0. The second-order valence-electron chi connectivity index (χ2n) is 7.61. The molecule has 0 saturated carbocycles. The van der Waals surface area contributed by atoms with Crippen molar-refractivity contribution in [1.29, 1.82) is 0 Å². The van der Waals surface area contributed by atoms with E-state index in [2.05, 4.69) is 0 Å². The van der Waals surface area contributed by atoms with Gasteiger partial charge >= 0.3 is 0 Å². The van der Waals surface area contributed by atoms with Crippen LogP contribution in [-0.4, -0.2) is 28.0 Å². The highest BCUT2D eigenvalue weighted by molar-refractivity contribution is 6.04. The number of nitrogens with zero attached hydrogens (tertiary/aromatic N) is 2. The zero-order valence-electron chi connectivity index (χ0n) is 16.7. The number of hydrogen-bond acceptors (Lipinski definition) is 6. The number of para-hydroxylation sites is 1. The third-order valence-corrected chi connectivity index (χ3v) is 5.64. The Morgan fingerprint density at radius 2 is 1.87 bits per heavy atom. The number of aryl methyl sites for hydroxylation is 1. The van der Waals surface area contributed by atoms with Gasteiger partial charge in [0.15, 0.2) is 11.5 Å². The first-order valence-corrected chi connectivity index (χ1v) is 9.83. The zero-order valence-corrected chi connectivity index (χ0v) is 16.7. The molecule has 0 fully saturated rings. The van der Waals surface area contributed by atoms with Crippen molar-refractivity contribution in [2.45, 2.75) is 25.6 Å². The van der Waals surface area contributed by atoms with Crippen molar-refractivity contribution >= 4 is 5.71 Å². The fraction of sp³-hybridized carbons (Fsp3) is 0.208. The number of rotatable bonds is 3. The van der Waals surface area contributed by atoms with Gasteiger partial charge in [-0.15, -0.1) is 0 Å². The van der Waals surface area contributed by atoms with Crippen molar-refractivity contribution in [2.75, 3.05) is 7.11 Å². The van der Waals surface area contributed by atoms with E-state index in [1.807, 2.05) is 54.4 Å². The number of phenolic OH excluding ortho intramolecular Hbond substituents is 2. The molecule has 0 bridgehead atoms. The number of benzene rings is 3. The molecule has 2 unspecified atom stereocenters. The van der Waals surface area contributed by atoms with Gasteiger partial charge in [-0.1, -0.05) is 23.8 Å². The summed E-state index contributed by atoms with van der Waals surface area (Å²) in [6, 6.07) is 18.3. The summed E-state index contributed by atoms with van der Waals surface area (Å²) in [5, 5.41) is 27.0. The number of hydrazone groups is 1. The van der Waals surface area contributed by atoms with E-state index in [-0.39, 0.29) is 17.5 Å². The van der Waals surface area contributed by atoms with Crippen molar-refractivity contribution in [3.8, 4) is 23.0 Å². The molecular formula is C24H22N2O4. The number of methoxy groups -OCH3 is 1. The van der Waals surface area contributed by atoms with Gasteiger partial charge in [0.05, 0.1) is 18.9 Å². The van der Waals surface area contributed by atoms with E-state index in [9.17, 15) is 10.2 Å². The summed E-state index contributed by atoms with van der Waals surface area (Å²) in [7, 11) is 1.63. The van der Waals surface area contributed by atoms with Crippen LogP contribution in [0.25, 0.3) is 0 Å². The quantitative estimate of drug-likeness (QED) is 0.667. The Bertz CT molecular complexity index is 1140. The van der Waals surface area contributed by atoms with Gasteiger partial charge < -0.3 is 19.7 Å².